The van der Waals surface area contributed by atoms with Crippen molar-refractivity contribution in [1.82, 2.24) is 19.1 Å². The zero-order valence-corrected chi connectivity index (χ0v) is 19.2. The number of carboxylic acid groups (broad SMARTS) is 1. The fourth-order valence-corrected chi connectivity index (χ4v) is 4.08. The molecule has 0 saturated heterocycles. The van der Waals surface area contributed by atoms with E-state index in [0.29, 0.717) is 22.6 Å². The van der Waals surface area contributed by atoms with E-state index >= 15 is 0 Å². The van der Waals surface area contributed by atoms with Gasteiger partial charge in [-0.1, -0.05) is 78.9 Å². The van der Waals surface area contributed by atoms with Crippen LogP contribution in [0.25, 0.3) is 28.6 Å². The van der Waals surface area contributed by atoms with Gasteiger partial charge in [-0.3, -0.25) is 13.9 Å². The van der Waals surface area contributed by atoms with Crippen LogP contribution in [0.1, 0.15) is 16.7 Å². The second kappa shape index (κ2) is 9.71. The number of rotatable bonds is 7. The van der Waals surface area contributed by atoms with E-state index in [4.69, 9.17) is 5.11 Å². The van der Waals surface area contributed by atoms with E-state index < -0.39 is 17.2 Å². The molecule has 36 heavy (non-hydrogen) atoms. The molecule has 8 heteroatoms. The Morgan fingerprint density at radius 1 is 0.861 bits per heavy atom. The summed E-state index contributed by atoms with van der Waals surface area (Å²) in [7, 11) is 0. The highest BCUT2D eigenvalue weighted by Crippen LogP contribution is 2.21. The Balaban J connectivity index is 1.68. The zero-order chi connectivity index (χ0) is 25.1. The van der Waals surface area contributed by atoms with Gasteiger partial charge in [-0.2, -0.15) is 0 Å². The lowest BCUT2D eigenvalue weighted by atomic mass is 10.1. The van der Waals surface area contributed by atoms with Crippen molar-refractivity contribution < 1.29 is 9.90 Å². The highest BCUT2D eigenvalue weighted by atomic mass is 16.4. The van der Waals surface area contributed by atoms with Gasteiger partial charge in [0.15, 0.2) is 5.52 Å². The number of nitrogens with zero attached hydrogens (tertiary/aromatic N) is 3. The number of benzene rings is 3. The summed E-state index contributed by atoms with van der Waals surface area (Å²) < 4.78 is 2.73. The Morgan fingerprint density at radius 2 is 1.50 bits per heavy atom. The predicted molar refractivity (Wildman–Crippen MR) is 138 cm³/mol. The summed E-state index contributed by atoms with van der Waals surface area (Å²) in [5.74, 6) is -0.639. The third-order valence-electron chi connectivity index (χ3n) is 5.81. The third-order valence-corrected chi connectivity index (χ3v) is 5.81. The maximum absolute atomic E-state index is 13.6. The van der Waals surface area contributed by atoms with Gasteiger partial charge in [0, 0.05) is 11.6 Å². The van der Waals surface area contributed by atoms with Crippen molar-refractivity contribution in [2.75, 3.05) is 0 Å². The van der Waals surface area contributed by atoms with Crippen LogP contribution in [0.3, 0.4) is 0 Å². The molecule has 0 fully saturated rings. The minimum Gasteiger partial charge on any atom is -0.478 e. The first-order chi connectivity index (χ1) is 17.5. The highest BCUT2D eigenvalue weighted by Gasteiger charge is 2.18. The molecular formula is C28H22N4O4. The molecule has 5 rings (SSSR count). The molecule has 0 radical (unpaired) electrons. The zero-order valence-electron chi connectivity index (χ0n) is 19.2. The van der Waals surface area contributed by atoms with Gasteiger partial charge in [0.1, 0.15) is 11.5 Å². The first-order valence-corrected chi connectivity index (χ1v) is 11.3. The fraction of sp³-hybridized carbons (Fsp3) is 0.0714. The third kappa shape index (κ3) is 4.65. The Hall–Kier alpha value is -4.98. The lowest BCUT2D eigenvalue weighted by Gasteiger charge is -2.12. The van der Waals surface area contributed by atoms with Gasteiger partial charge in [0.05, 0.1) is 13.1 Å². The molecule has 8 nitrogen and oxygen atoms in total. The fourth-order valence-electron chi connectivity index (χ4n) is 4.08. The van der Waals surface area contributed by atoms with Gasteiger partial charge >= 0.3 is 11.7 Å². The average Bonchev–Trinajstić information content (AvgIpc) is 3.35. The molecule has 2 N–H and O–H groups in total. The van der Waals surface area contributed by atoms with Crippen molar-refractivity contribution in [2.24, 2.45) is 0 Å². The Morgan fingerprint density at radius 3 is 2.14 bits per heavy atom. The molecule has 0 aliphatic carbocycles. The van der Waals surface area contributed by atoms with Gasteiger partial charge in [-0.05, 0) is 28.8 Å². The number of aliphatic carboxylic acids is 1. The smallest absolute Gasteiger partial charge is 0.333 e. The molecule has 178 valence electrons. The van der Waals surface area contributed by atoms with Crippen LogP contribution in [-0.2, 0) is 17.9 Å². The number of carbonyl (C=O) groups is 1. The largest absolute Gasteiger partial charge is 0.478 e. The SMILES string of the molecule is O=C(O)C=Cc1cccc(-c2nc3c(=O)n(Cc4ccccc4)c(=O)n(Cc4ccccc4)c3[nH]2)c1. The second-order valence-corrected chi connectivity index (χ2v) is 8.31. The van der Waals surface area contributed by atoms with Gasteiger partial charge in [-0.15, -0.1) is 0 Å². The molecule has 0 atom stereocenters. The molecule has 0 unspecified atom stereocenters. The minimum atomic E-state index is -1.05. The van der Waals surface area contributed by atoms with Crippen LogP contribution >= 0.6 is 0 Å². The van der Waals surface area contributed by atoms with Crippen LogP contribution < -0.4 is 11.2 Å². The number of carboxylic acids is 1. The molecule has 5 aromatic rings. The minimum absolute atomic E-state index is 0.126. The van der Waals surface area contributed by atoms with Crippen molar-refractivity contribution in [3.05, 3.63) is 129 Å². The molecule has 0 saturated carbocycles. The molecular weight excluding hydrogens is 456 g/mol. The van der Waals surface area contributed by atoms with E-state index in [2.05, 4.69) is 9.97 Å². The summed E-state index contributed by atoms with van der Waals surface area (Å²) in [5.41, 5.74) is 2.63. The Labute approximate surface area is 205 Å². The van der Waals surface area contributed by atoms with Crippen LogP contribution in [0.15, 0.2) is 101 Å². The maximum Gasteiger partial charge on any atom is 0.333 e. The summed E-state index contributed by atoms with van der Waals surface area (Å²) in [6, 6.07) is 26.0. The van der Waals surface area contributed by atoms with Crippen LogP contribution in [0, 0.1) is 0 Å². The Bertz CT molecular complexity index is 1700. The number of imidazole rings is 1. The quantitative estimate of drug-likeness (QED) is 0.346. The first-order valence-electron chi connectivity index (χ1n) is 11.3. The Kier molecular flexibility index (Phi) is 6.15. The van der Waals surface area contributed by atoms with Crippen molar-refractivity contribution in [1.29, 1.82) is 0 Å². The summed E-state index contributed by atoms with van der Waals surface area (Å²) >= 11 is 0. The molecule has 2 heterocycles. The van der Waals surface area contributed by atoms with Crippen LogP contribution in [-0.4, -0.2) is 30.2 Å². The van der Waals surface area contributed by atoms with E-state index in [1.165, 1.54) is 15.2 Å². The van der Waals surface area contributed by atoms with Gasteiger partial charge in [0.25, 0.3) is 5.56 Å². The molecule has 3 aromatic carbocycles. The van der Waals surface area contributed by atoms with E-state index in [1.807, 2.05) is 60.7 Å². The van der Waals surface area contributed by atoms with Crippen LogP contribution in [0.2, 0.25) is 0 Å². The van der Waals surface area contributed by atoms with Crippen LogP contribution in [0.5, 0.6) is 0 Å². The van der Waals surface area contributed by atoms with E-state index in [0.717, 1.165) is 17.2 Å². The number of aromatic amines is 1. The molecule has 0 aliphatic rings. The molecule has 2 aromatic heterocycles. The van der Waals surface area contributed by atoms with Gasteiger partial charge in [0.2, 0.25) is 0 Å². The average molecular weight is 479 g/mol. The van der Waals surface area contributed by atoms with Crippen molar-refractivity contribution in [3.63, 3.8) is 0 Å². The molecule has 0 amide bonds. The topological polar surface area (TPSA) is 110 Å². The van der Waals surface area contributed by atoms with Crippen molar-refractivity contribution in [3.8, 4) is 11.4 Å². The summed E-state index contributed by atoms with van der Waals surface area (Å²) in [6.45, 7) is 0.384. The number of aromatic nitrogens is 4. The van der Waals surface area contributed by atoms with Crippen molar-refractivity contribution in [2.45, 2.75) is 13.1 Å². The lowest BCUT2D eigenvalue weighted by Crippen LogP contribution is -2.40. The number of nitrogens with one attached hydrogen (secondary N) is 1. The summed E-state index contributed by atoms with van der Waals surface area (Å²) in [6.07, 6.45) is 2.53. The van der Waals surface area contributed by atoms with Gasteiger partial charge < -0.3 is 10.1 Å². The molecule has 0 spiro atoms. The first kappa shape index (κ1) is 22.8. The van der Waals surface area contributed by atoms with E-state index in [9.17, 15) is 14.4 Å². The number of hydrogen-bond acceptors (Lipinski definition) is 4. The summed E-state index contributed by atoms with van der Waals surface area (Å²) in [5, 5.41) is 8.92. The number of H-pyrrole nitrogens is 1. The highest BCUT2D eigenvalue weighted by molar-refractivity contribution is 5.85. The number of hydrogen-bond donors (Lipinski definition) is 2. The molecule has 0 bridgehead atoms. The lowest BCUT2D eigenvalue weighted by molar-refractivity contribution is -0.131. The normalized spacial score (nSPS) is 11.3. The van der Waals surface area contributed by atoms with Crippen molar-refractivity contribution >= 4 is 23.2 Å². The molecule has 0 aliphatic heterocycles. The van der Waals surface area contributed by atoms with E-state index in [-0.39, 0.29) is 18.6 Å². The van der Waals surface area contributed by atoms with Crippen LogP contribution in [0.4, 0.5) is 0 Å². The standard InChI is InChI=1S/C28H22N4O4/c33-23(34)15-14-19-12-7-13-22(16-19)25-29-24-26(30-25)31(17-20-8-3-1-4-9-20)28(36)32(27(24)35)18-21-10-5-2-6-11-21/h1-16H,17-18H2,(H,29,30)(H,33,34). The van der Waals surface area contributed by atoms with E-state index in [1.54, 1.807) is 24.3 Å². The summed E-state index contributed by atoms with van der Waals surface area (Å²) in [4.78, 5) is 45.6. The monoisotopic (exact) mass is 478 g/mol. The maximum atomic E-state index is 13.6. The van der Waals surface area contributed by atoms with Gasteiger partial charge in [-0.25, -0.2) is 14.6 Å². The number of fused-ring (bicyclic) bond motifs is 1. The second-order valence-electron chi connectivity index (χ2n) is 8.31. The predicted octanol–water partition coefficient (Wildman–Crippen LogP) is 3.75.